The number of hydrogen-bond acceptors (Lipinski definition) is 5. The Kier molecular flexibility index (Phi) is 18.9. The Bertz CT molecular complexity index is 286. The second-order valence-electron chi connectivity index (χ2n) is 1.61. The van der Waals surface area contributed by atoms with Crippen molar-refractivity contribution in [1.29, 1.82) is 0 Å². The molecule has 0 aromatic rings. The molecule has 0 radical (unpaired) electrons. The molecule has 16 heteroatoms. The van der Waals surface area contributed by atoms with E-state index in [2.05, 4.69) is 8.62 Å². The van der Waals surface area contributed by atoms with Crippen molar-refractivity contribution >= 4 is 134 Å². The Morgan fingerprint density at radius 2 is 0.875 bits per heavy atom. The Balaban J connectivity index is -0.000000240. The van der Waals surface area contributed by atoms with Gasteiger partial charge in [0.1, 0.15) is 0 Å². The monoisotopic (exact) mass is 346 g/mol. The van der Waals surface area contributed by atoms with Crippen LogP contribution in [0.25, 0.3) is 0 Å². The molecule has 0 bridgehead atoms. The Morgan fingerprint density at radius 3 is 1.00 bits per heavy atom. The predicted octanol–water partition coefficient (Wildman–Crippen LogP) is -2.64. The summed E-state index contributed by atoms with van der Waals surface area (Å²) in [6, 6.07) is 0. The fraction of sp³-hybridized carbons (Fsp3) is 0. The molecule has 0 spiro atoms. The Labute approximate surface area is 177 Å². The molecule has 0 aromatic heterocycles. The molecule has 0 aliphatic rings. The van der Waals surface area contributed by atoms with E-state index in [0.717, 1.165) is 0 Å². The van der Waals surface area contributed by atoms with Crippen LogP contribution in [-0.2, 0) is 22.3 Å². The van der Waals surface area contributed by atoms with E-state index in [1.165, 1.54) is 0 Å². The van der Waals surface area contributed by atoms with Crippen LogP contribution in [0.4, 0.5) is 0 Å². The molecule has 0 atom stereocenters. The zero-order valence-corrected chi connectivity index (χ0v) is 8.30. The summed E-state index contributed by atoms with van der Waals surface area (Å²) in [4.78, 5) is 40.2. The molecular formula is H8KNa2O10P3. The molecule has 16 heavy (non-hydrogen) atoms. The number of rotatable bonds is 4. The third kappa shape index (κ3) is 20.4. The molecule has 5 N–H and O–H groups in total. The maximum absolute atomic E-state index is 10.4. The molecule has 10 nitrogen and oxygen atoms in total. The van der Waals surface area contributed by atoms with E-state index in [9.17, 15) is 13.7 Å². The van der Waals surface area contributed by atoms with Gasteiger partial charge in [0.15, 0.2) is 0 Å². The fourth-order valence-electron chi connectivity index (χ4n) is 0.284. The topological polar surface area (TPSA) is 171 Å². The average molecular weight is 346 g/mol. The second kappa shape index (κ2) is 10.7. The summed E-state index contributed by atoms with van der Waals surface area (Å²) in [5, 5.41) is 0. The zero-order chi connectivity index (χ0) is 10.9. The fourth-order valence-corrected chi connectivity index (χ4v) is 2.82. The van der Waals surface area contributed by atoms with Crippen LogP contribution in [0.1, 0.15) is 0 Å². The molecule has 0 saturated carbocycles. The van der Waals surface area contributed by atoms with Gasteiger partial charge in [-0.05, 0) is 0 Å². The molecule has 0 aromatic carbocycles. The quantitative estimate of drug-likeness (QED) is 0.268. The van der Waals surface area contributed by atoms with Gasteiger partial charge in [-0.1, -0.05) is 0 Å². The molecule has 86 valence electrons. The summed E-state index contributed by atoms with van der Waals surface area (Å²) in [5.74, 6) is 0. The molecular weight excluding hydrogens is 338 g/mol. The summed E-state index contributed by atoms with van der Waals surface area (Å²) >= 11 is 0. The van der Waals surface area contributed by atoms with Crippen LogP contribution in [0.2, 0.25) is 0 Å². The first-order valence-corrected chi connectivity index (χ1v) is 6.83. The number of hydrogen-bond donors (Lipinski definition) is 5. The van der Waals surface area contributed by atoms with Crippen molar-refractivity contribution in [1.82, 2.24) is 0 Å². The van der Waals surface area contributed by atoms with Crippen LogP contribution < -0.4 is 0 Å². The van der Waals surface area contributed by atoms with E-state index in [4.69, 9.17) is 24.5 Å². The van der Waals surface area contributed by atoms with E-state index in [1.54, 1.807) is 0 Å². The molecule has 0 saturated heterocycles. The summed E-state index contributed by atoms with van der Waals surface area (Å²) in [7, 11) is -16.2. The first-order valence-electron chi connectivity index (χ1n) is 2.28. The van der Waals surface area contributed by atoms with Crippen molar-refractivity contribution in [3.63, 3.8) is 0 Å². The van der Waals surface area contributed by atoms with Crippen LogP contribution >= 0.6 is 23.5 Å². The van der Waals surface area contributed by atoms with Crippen LogP contribution in [0.15, 0.2) is 0 Å². The summed E-state index contributed by atoms with van der Waals surface area (Å²) < 4.78 is 36.4. The van der Waals surface area contributed by atoms with E-state index in [1.807, 2.05) is 0 Å². The van der Waals surface area contributed by atoms with E-state index in [-0.39, 0.29) is 110 Å². The molecule has 0 unspecified atom stereocenters. The van der Waals surface area contributed by atoms with Gasteiger partial charge in [-0.2, -0.15) is 8.62 Å². The Hall–Kier alpha value is 4.05. The summed E-state index contributed by atoms with van der Waals surface area (Å²) in [5.41, 5.74) is 0. The third-order valence-electron chi connectivity index (χ3n) is 0.419. The molecule has 0 aliphatic heterocycles. The first kappa shape index (κ1) is 28.2. The molecule has 0 amide bonds. The number of phosphoric acid groups is 3. The van der Waals surface area contributed by atoms with Gasteiger partial charge in [0, 0.05) is 0 Å². The van der Waals surface area contributed by atoms with Gasteiger partial charge in [0.05, 0.1) is 0 Å². The van der Waals surface area contributed by atoms with E-state index >= 15 is 0 Å². The van der Waals surface area contributed by atoms with E-state index in [0.29, 0.717) is 0 Å². The predicted molar refractivity (Wildman–Crippen MR) is 57.5 cm³/mol. The molecule has 0 fully saturated rings. The summed E-state index contributed by atoms with van der Waals surface area (Å²) in [6.45, 7) is 0. The summed E-state index contributed by atoms with van der Waals surface area (Å²) in [6.07, 6.45) is 0. The standard InChI is InChI=1S/K.2Na.H5O10P3.3H/c;;;1-11(2,3)9-13(7,8)10-12(4,5)6;;;/h;;;(H,7,8)(H2,1,2,3)(H2,4,5,6);;;. The molecule has 0 rings (SSSR count). The van der Waals surface area contributed by atoms with Crippen LogP contribution in [-0.4, -0.2) is 135 Å². The van der Waals surface area contributed by atoms with Gasteiger partial charge in [0.2, 0.25) is 0 Å². The van der Waals surface area contributed by atoms with Gasteiger partial charge in [-0.15, -0.1) is 0 Å². The minimum absolute atomic E-state index is 0. The van der Waals surface area contributed by atoms with Crippen molar-refractivity contribution < 1.29 is 46.8 Å². The third-order valence-corrected chi connectivity index (χ3v) is 3.77. The van der Waals surface area contributed by atoms with Crippen LogP contribution in [0.5, 0.6) is 0 Å². The average Bonchev–Trinajstić information content (AvgIpc) is 1.43. The van der Waals surface area contributed by atoms with Gasteiger partial charge < -0.3 is 24.5 Å². The van der Waals surface area contributed by atoms with Crippen molar-refractivity contribution in [3.05, 3.63) is 0 Å². The molecule has 0 aliphatic carbocycles. The van der Waals surface area contributed by atoms with Crippen molar-refractivity contribution in [2.45, 2.75) is 0 Å². The second-order valence-corrected chi connectivity index (χ2v) is 5.82. The normalized spacial score (nSPS) is 11.8. The van der Waals surface area contributed by atoms with Crippen LogP contribution in [0, 0.1) is 0 Å². The Morgan fingerprint density at radius 1 is 0.688 bits per heavy atom. The maximum atomic E-state index is 10.4. The van der Waals surface area contributed by atoms with Crippen molar-refractivity contribution in [3.8, 4) is 0 Å². The SMILES string of the molecule is O=P(O)(O)OP(=O)(O)OP(=O)(O)O.[KH].[NaH].[NaH]. The zero-order valence-electron chi connectivity index (χ0n) is 5.62. The van der Waals surface area contributed by atoms with Crippen molar-refractivity contribution in [2.24, 2.45) is 0 Å². The van der Waals surface area contributed by atoms with Gasteiger partial charge in [0.25, 0.3) is 0 Å². The molecule has 0 heterocycles. The van der Waals surface area contributed by atoms with Gasteiger partial charge in [-0.25, -0.2) is 13.7 Å². The minimum atomic E-state index is -5.46. The van der Waals surface area contributed by atoms with E-state index < -0.39 is 23.5 Å². The van der Waals surface area contributed by atoms with Gasteiger partial charge in [-0.3, -0.25) is 0 Å². The van der Waals surface area contributed by atoms with Crippen LogP contribution in [0.3, 0.4) is 0 Å². The van der Waals surface area contributed by atoms with Gasteiger partial charge >= 0.3 is 134 Å². The first-order chi connectivity index (χ1) is 5.41. The van der Waals surface area contributed by atoms with Crippen molar-refractivity contribution in [2.75, 3.05) is 0 Å².